The van der Waals surface area contributed by atoms with Crippen molar-refractivity contribution in [2.75, 3.05) is 0 Å². The molecule has 0 atom stereocenters. The van der Waals surface area contributed by atoms with Crippen LogP contribution in [0.25, 0.3) is 20.9 Å². The summed E-state index contributed by atoms with van der Waals surface area (Å²) in [6.45, 7) is 3.94. The van der Waals surface area contributed by atoms with Crippen molar-refractivity contribution in [3.05, 3.63) is 68.4 Å². The number of nitrogens with zero attached hydrogens (tertiary/aromatic N) is 6. The number of aryl methyl sites for hydroxylation is 1. The van der Waals surface area contributed by atoms with Crippen LogP contribution in [0, 0.1) is 13.8 Å². The van der Waals surface area contributed by atoms with Crippen molar-refractivity contribution in [2.24, 2.45) is 10.2 Å². The van der Waals surface area contributed by atoms with Crippen molar-refractivity contribution in [3.63, 3.8) is 0 Å². The maximum atomic E-state index is 8.11. The minimum Gasteiger partial charge on any atom is -0.213 e. The Bertz CT molecular complexity index is 586. The third-order valence-electron chi connectivity index (χ3n) is 2.42. The van der Waals surface area contributed by atoms with E-state index in [0.29, 0.717) is 5.69 Å². The van der Waals surface area contributed by atoms with E-state index in [4.69, 9.17) is 11.1 Å². The van der Waals surface area contributed by atoms with Gasteiger partial charge in [0.2, 0.25) is 0 Å². The van der Waals surface area contributed by atoms with Crippen LogP contribution in [0.3, 0.4) is 0 Å². The van der Waals surface area contributed by atoms with Crippen molar-refractivity contribution in [1.29, 1.82) is 0 Å². The molecule has 0 aromatic heterocycles. The number of azide groups is 2. The molecular weight excluding hydrogens is 284 g/mol. The third-order valence-corrected chi connectivity index (χ3v) is 2.42. The van der Waals surface area contributed by atoms with Crippen molar-refractivity contribution in [1.82, 2.24) is 0 Å². The molecule has 0 amide bonds. The van der Waals surface area contributed by atoms with Gasteiger partial charge in [0.05, 0.1) is 0 Å². The van der Waals surface area contributed by atoms with Crippen LogP contribution in [0.15, 0.2) is 46.6 Å². The zero-order valence-corrected chi connectivity index (χ0v) is 11.6. The molecular formula is C12H12FeN6. The topological polar surface area (TPSA) is 97.5 Å². The number of hydrogen-bond donors (Lipinski definition) is 0. The van der Waals surface area contributed by atoms with E-state index in [9.17, 15) is 0 Å². The molecule has 0 saturated carbocycles. The average Bonchev–Trinajstić information content (AvgIpc) is 2.96. The maximum Gasteiger partial charge on any atom is 2.00 e. The predicted molar refractivity (Wildman–Crippen MR) is 71.2 cm³/mol. The van der Waals surface area contributed by atoms with Gasteiger partial charge in [-0.15, -0.1) is 15.9 Å². The molecule has 0 fully saturated rings. The van der Waals surface area contributed by atoms with Gasteiger partial charge in [-0.05, 0) is 20.9 Å². The second-order valence-electron chi connectivity index (χ2n) is 3.55. The molecule has 2 aromatic rings. The Labute approximate surface area is 121 Å². The molecule has 7 heteroatoms. The molecule has 0 N–H and O–H groups in total. The van der Waals surface area contributed by atoms with E-state index in [1.54, 1.807) is 12.1 Å². The van der Waals surface area contributed by atoms with Gasteiger partial charge in [-0.3, -0.25) is 0 Å². The van der Waals surface area contributed by atoms with Gasteiger partial charge in [0.15, 0.2) is 0 Å². The van der Waals surface area contributed by atoms with E-state index in [1.165, 1.54) is 5.56 Å². The molecule has 0 heterocycles. The molecule has 0 aliphatic carbocycles. The van der Waals surface area contributed by atoms with Crippen molar-refractivity contribution < 1.29 is 17.1 Å². The first-order valence-corrected chi connectivity index (χ1v) is 5.24. The van der Waals surface area contributed by atoms with Crippen LogP contribution in [0.2, 0.25) is 0 Å². The van der Waals surface area contributed by atoms with Crippen LogP contribution in [0.4, 0.5) is 11.4 Å². The Kier molecular flexibility index (Phi) is 7.85. The Hall–Kier alpha value is -2.16. The molecule has 0 radical (unpaired) electrons. The van der Waals surface area contributed by atoms with Gasteiger partial charge in [-0.2, -0.15) is 29.3 Å². The quantitative estimate of drug-likeness (QED) is 0.236. The molecule has 0 spiro atoms. The summed E-state index contributed by atoms with van der Waals surface area (Å²) in [5, 5.41) is 6.85. The van der Waals surface area contributed by atoms with Crippen molar-refractivity contribution >= 4 is 11.4 Å². The largest absolute Gasteiger partial charge is 2.00 e. The van der Waals surface area contributed by atoms with Crippen LogP contribution in [0.1, 0.15) is 11.1 Å². The van der Waals surface area contributed by atoms with Crippen molar-refractivity contribution in [2.45, 2.75) is 13.8 Å². The second kappa shape index (κ2) is 8.86. The van der Waals surface area contributed by atoms with Crippen LogP contribution < -0.4 is 0 Å². The summed E-state index contributed by atoms with van der Waals surface area (Å²) in [7, 11) is 0. The molecule has 0 aliphatic heterocycles. The molecule has 2 aromatic carbocycles. The summed E-state index contributed by atoms with van der Waals surface area (Å²) >= 11 is 0. The van der Waals surface area contributed by atoms with E-state index < -0.39 is 0 Å². The van der Waals surface area contributed by atoms with Gasteiger partial charge >= 0.3 is 17.1 Å². The summed E-state index contributed by atoms with van der Waals surface area (Å²) in [6.07, 6.45) is 0. The van der Waals surface area contributed by atoms with Gasteiger partial charge in [0.1, 0.15) is 0 Å². The molecule has 98 valence electrons. The fourth-order valence-corrected chi connectivity index (χ4v) is 1.29. The zero-order chi connectivity index (χ0) is 13.4. The second-order valence-corrected chi connectivity index (χ2v) is 3.55. The summed E-state index contributed by atoms with van der Waals surface area (Å²) in [5.41, 5.74) is 19.7. The smallest absolute Gasteiger partial charge is 0.213 e. The molecule has 0 unspecified atom stereocenters. The first-order valence-electron chi connectivity index (χ1n) is 5.24. The minimum absolute atomic E-state index is 0. The summed E-state index contributed by atoms with van der Waals surface area (Å²) in [5.74, 6) is 0. The third kappa shape index (κ3) is 5.34. The molecule has 0 bridgehead atoms. The van der Waals surface area contributed by atoms with E-state index in [0.717, 1.165) is 11.3 Å². The minimum atomic E-state index is 0. The molecule has 2 rings (SSSR count). The van der Waals surface area contributed by atoms with Crippen molar-refractivity contribution in [3.8, 4) is 0 Å². The average molecular weight is 296 g/mol. The first-order chi connectivity index (χ1) is 8.69. The van der Waals surface area contributed by atoms with Crippen LogP contribution >= 0.6 is 0 Å². The van der Waals surface area contributed by atoms with E-state index in [-0.39, 0.29) is 17.1 Å². The van der Waals surface area contributed by atoms with Crippen LogP contribution in [0.5, 0.6) is 0 Å². The number of hydrogen-bond acceptors (Lipinski definition) is 2. The summed E-state index contributed by atoms with van der Waals surface area (Å²) < 4.78 is 0. The predicted octanol–water partition coefficient (Wildman–Crippen LogP) is 5.31. The fourth-order valence-electron chi connectivity index (χ4n) is 1.29. The molecule has 6 nitrogen and oxygen atoms in total. The summed E-state index contributed by atoms with van der Waals surface area (Å²) in [6, 6.07) is 10.9. The first kappa shape index (κ1) is 16.8. The Morgan fingerprint density at radius 2 is 1.74 bits per heavy atom. The zero-order valence-electron chi connectivity index (χ0n) is 10.5. The maximum absolute atomic E-state index is 8.11. The van der Waals surface area contributed by atoms with Gasteiger partial charge in [0.25, 0.3) is 0 Å². The number of rotatable bonds is 2. The Morgan fingerprint density at radius 3 is 2.16 bits per heavy atom. The van der Waals surface area contributed by atoms with Crippen LogP contribution in [-0.2, 0) is 17.1 Å². The SMILES string of the molecule is Cc1c(N=[N+]=[N-])cc[c-]1C.[Fe+2].[N-]=[N+]=N[c-]1cccc1. The van der Waals surface area contributed by atoms with E-state index >= 15 is 0 Å². The molecule has 19 heavy (non-hydrogen) atoms. The van der Waals surface area contributed by atoms with Crippen LogP contribution in [-0.4, -0.2) is 0 Å². The monoisotopic (exact) mass is 296 g/mol. The molecule has 0 saturated heterocycles. The normalized spacial score (nSPS) is 8.11. The standard InChI is InChI=1S/C7H8N3.C5H4N3.Fe/c1-5-3-4-7(6(5)2)9-10-8;6-8-7-5-3-1-2-4-5;/h3-4H,1-2H3;1-4H;/q2*-1;+2. The van der Waals surface area contributed by atoms with Gasteiger partial charge < -0.3 is 0 Å². The summed E-state index contributed by atoms with van der Waals surface area (Å²) in [4.78, 5) is 5.31. The van der Waals surface area contributed by atoms with Gasteiger partial charge in [-0.1, -0.05) is 19.5 Å². The Morgan fingerprint density at radius 1 is 1.11 bits per heavy atom. The Balaban J connectivity index is 0.000000331. The van der Waals surface area contributed by atoms with Gasteiger partial charge in [0, 0.05) is 0 Å². The van der Waals surface area contributed by atoms with E-state index in [1.807, 2.05) is 38.1 Å². The van der Waals surface area contributed by atoms with E-state index in [2.05, 4.69) is 20.1 Å². The molecule has 0 aliphatic rings. The van der Waals surface area contributed by atoms with Gasteiger partial charge in [-0.25, -0.2) is 18.2 Å². The fraction of sp³-hybridized carbons (Fsp3) is 0.167.